The Kier molecular flexibility index (Phi) is 3.81. The number of likely N-dealkylation sites (N-methyl/N-ethyl adjacent to an activating group) is 1. The Morgan fingerprint density at radius 3 is 2.67 bits per heavy atom. The number of benzene rings is 1. The normalized spacial score (nSPS) is 25.8. The third kappa shape index (κ3) is 2.86. The van der Waals surface area contributed by atoms with Gasteiger partial charge in [-0.25, -0.2) is 13.1 Å². The molecule has 21 heavy (non-hydrogen) atoms. The van der Waals surface area contributed by atoms with Gasteiger partial charge in [0.1, 0.15) is 17.3 Å². The fourth-order valence-electron chi connectivity index (χ4n) is 2.76. The molecular weight excluding hydrogens is 290 g/mol. The van der Waals surface area contributed by atoms with Gasteiger partial charge >= 0.3 is 0 Å². The van der Waals surface area contributed by atoms with Crippen LogP contribution in [0.15, 0.2) is 23.1 Å². The van der Waals surface area contributed by atoms with E-state index < -0.39 is 10.0 Å². The maximum Gasteiger partial charge on any atom is 0.246 e. The highest BCUT2D eigenvalue weighted by molar-refractivity contribution is 7.89. The van der Waals surface area contributed by atoms with E-state index in [2.05, 4.69) is 21.6 Å². The quantitative estimate of drug-likeness (QED) is 0.818. The van der Waals surface area contributed by atoms with Crippen molar-refractivity contribution in [3.8, 4) is 5.75 Å². The van der Waals surface area contributed by atoms with Crippen LogP contribution >= 0.6 is 0 Å². The second kappa shape index (κ2) is 5.47. The van der Waals surface area contributed by atoms with Crippen LogP contribution in [0.4, 0.5) is 5.69 Å². The molecule has 0 aromatic heterocycles. The van der Waals surface area contributed by atoms with Gasteiger partial charge in [-0.2, -0.15) is 0 Å². The lowest BCUT2D eigenvalue weighted by Gasteiger charge is -2.35. The lowest BCUT2D eigenvalue weighted by atomic mass is 10.2. The Bertz CT molecular complexity index is 624. The molecule has 1 saturated heterocycles. The Balaban J connectivity index is 2.04. The first-order valence-electron chi connectivity index (χ1n) is 7.19. The highest BCUT2D eigenvalue weighted by Gasteiger charge is 2.31. The van der Waals surface area contributed by atoms with Gasteiger partial charge in [0.05, 0.1) is 11.7 Å². The van der Waals surface area contributed by atoms with Gasteiger partial charge in [-0.1, -0.05) is 6.07 Å². The fraction of sp³-hybridized carbons (Fsp3) is 0.571. The minimum Gasteiger partial charge on any atom is -0.490 e. The molecule has 116 valence electrons. The lowest BCUT2D eigenvalue weighted by Crippen LogP contribution is -2.45. The molecule has 3 rings (SSSR count). The molecule has 1 atom stereocenters. The predicted molar refractivity (Wildman–Crippen MR) is 81.4 cm³/mol. The van der Waals surface area contributed by atoms with Crippen molar-refractivity contribution >= 4 is 15.7 Å². The minimum absolute atomic E-state index is 0.234. The average Bonchev–Trinajstić information content (AvgIpc) is 2.56. The number of rotatable bonds is 1. The zero-order valence-corrected chi connectivity index (χ0v) is 13.2. The van der Waals surface area contributed by atoms with E-state index in [0.717, 1.165) is 31.9 Å². The SMILES string of the molecule is C[C@@H]1COc2cccc(N3CCN(C)CC3)c2S(=O)(=O)N1. The molecule has 0 spiro atoms. The molecular formula is C14H21N3O3S. The first-order chi connectivity index (χ1) is 9.97. The number of ether oxygens (including phenoxy) is 1. The van der Waals surface area contributed by atoms with Gasteiger partial charge in [-0.05, 0) is 26.1 Å². The Morgan fingerprint density at radius 1 is 1.24 bits per heavy atom. The average molecular weight is 311 g/mol. The lowest BCUT2D eigenvalue weighted by molar-refractivity contribution is 0.287. The van der Waals surface area contributed by atoms with Crippen molar-refractivity contribution in [3.63, 3.8) is 0 Å². The largest absolute Gasteiger partial charge is 0.490 e. The zero-order valence-electron chi connectivity index (χ0n) is 12.4. The van der Waals surface area contributed by atoms with Gasteiger partial charge in [0.2, 0.25) is 10.0 Å². The van der Waals surface area contributed by atoms with Gasteiger partial charge in [0.25, 0.3) is 0 Å². The maximum absolute atomic E-state index is 12.6. The van der Waals surface area contributed by atoms with Crippen LogP contribution in [0.3, 0.4) is 0 Å². The maximum atomic E-state index is 12.6. The van der Waals surface area contributed by atoms with Crippen molar-refractivity contribution in [1.29, 1.82) is 0 Å². The summed E-state index contributed by atoms with van der Waals surface area (Å²) in [6, 6.07) is 5.22. The molecule has 1 N–H and O–H groups in total. The van der Waals surface area contributed by atoms with E-state index in [1.54, 1.807) is 13.0 Å². The summed E-state index contributed by atoms with van der Waals surface area (Å²) in [4.78, 5) is 4.64. The summed E-state index contributed by atoms with van der Waals surface area (Å²) in [5.41, 5.74) is 0.738. The number of nitrogens with zero attached hydrogens (tertiary/aromatic N) is 2. The molecule has 0 radical (unpaired) electrons. The molecule has 2 aliphatic rings. The highest BCUT2D eigenvalue weighted by Crippen LogP contribution is 2.35. The van der Waals surface area contributed by atoms with Gasteiger partial charge in [0.15, 0.2) is 0 Å². The summed E-state index contributed by atoms with van der Waals surface area (Å²) < 4.78 is 33.5. The van der Waals surface area contributed by atoms with E-state index in [1.807, 2.05) is 12.1 Å². The van der Waals surface area contributed by atoms with Crippen LogP contribution in [0.5, 0.6) is 5.75 Å². The van der Waals surface area contributed by atoms with Crippen LogP contribution in [-0.4, -0.2) is 59.2 Å². The first kappa shape index (κ1) is 14.6. The summed E-state index contributed by atoms with van der Waals surface area (Å²) >= 11 is 0. The van der Waals surface area contributed by atoms with E-state index in [9.17, 15) is 8.42 Å². The Hall–Kier alpha value is -1.31. The Labute approximate surface area is 125 Å². The minimum atomic E-state index is -3.55. The molecule has 0 aliphatic carbocycles. The van der Waals surface area contributed by atoms with Gasteiger partial charge < -0.3 is 14.5 Å². The van der Waals surface area contributed by atoms with Crippen molar-refractivity contribution in [2.75, 3.05) is 44.7 Å². The van der Waals surface area contributed by atoms with Gasteiger partial charge in [-0.15, -0.1) is 0 Å². The monoisotopic (exact) mass is 311 g/mol. The number of hydrogen-bond acceptors (Lipinski definition) is 5. The van der Waals surface area contributed by atoms with E-state index in [-0.39, 0.29) is 10.9 Å². The zero-order chi connectivity index (χ0) is 15.0. The number of anilines is 1. The van der Waals surface area contributed by atoms with E-state index in [4.69, 9.17) is 4.74 Å². The van der Waals surface area contributed by atoms with Crippen molar-refractivity contribution in [2.24, 2.45) is 0 Å². The molecule has 0 amide bonds. The number of sulfonamides is 1. The Morgan fingerprint density at radius 2 is 1.95 bits per heavy atom. The number of piperazine rings is 1. The smallest absolute Gasteiger partial charge is 0.246 e. The predicted octanol–water partition coefficient (Wildman–Crippen LogP) is 0.498. The van der Waals surface area contributed by atoms with Crippen LogP contribution < -0.4 is 14.4 Å². The van der Waals surface area contributed by atoms with Crippen LogP contribution in [0.25, 0.3) is 0 Å². The van der Waals surface area contributed by atoms with E-state index >= 15 is 0 Å². The summed E-state index contributed by atoms with van der Waals surface area (Å²) in [5, 5.41) is 0. The molecule has 0 saturated carbocycles. The van der Waals surface area contributed by atoms with Crippen LogP contribution in [0, 0.1) is 0 Å². The van der Waals surface area contributed by atoms with Crippen molar-refractivity contribution in [1.82, 2.24) is 9.62 Å². The molecule has 0 bridgehead atoms. The van der Waals surface area contributed by atoms with Crippen molar-refractivity contribution in [2.45, 2.75) is 17.9 Å². The van der Waals surface area contributed by atoms with Gasteiger partial charge in [-0.3, -0.25) is 0 Å². The second-order valence-corrected chi connectivity index (χ2v) is 7.38. The summed E-state index contributed by atoms with van der Waals surface area (Å²) in [6.07, 6.45) is 0. The standard InChI is InChI=1S/C14H21N3O3S/c1-11-10-20-13-5-3-4-12(14(13)21(18,19)15-11)17-8-6-16(2)7-9-17/h3-5,11,15H,6-10H2,1-2H3/t11-/m1/s1. The van der Waals surface area contributed by atoms with Gasteiger partial charge in [0, 0.05) is 26.2 Å². The highest BCUT2D eigenvalue weighted by atomic mass is 32.2. The summed E-state index contributed by atoms with van der Waals surface area (Å²) in [7, 11) is -1.48. The fourth-order valence-corrected chi connectivity index (χ4v) is 4.34. The number of nitrogens with one attached hydrogen (secondary N) is 1. The summed E-state index contributed by atoms with van der Waals surface area (Å²) in [5.74, 6) is 0.447. The van der Waals surface area contributed by atoms with Crippen molar-refractivity contribution in [3.05, 3.63) is 18.2 Å². The third-order valence-electron chi connectivity index (χ3n) is 3.92. The number of hydrogen-bond donors (Lipinski definition) is 1. The number of fused-ring (bicyclic) bond motifs is 1. The van der Waals surface area contributed by atoms with Crippen LogP contribution in [0.2, 0.25) is 0 Å². The molecule has 7 heteroatoms. The topological polar surface area (TPSA) is 61.9 Å². The van der Waals surface area contributed by atoms with Crippen LogP contribution in [0.1, 0.15) is 6.92 Å². The van der Waals surface area contributed by atoms with Crippen molar-refractivity contribution < 1.29 is 13.2 Å². The molecule has 2 aliphatic heterocycles. The first-order valence-corrected chi connectivity index (χ1v) is 8.67. The van der Waals surface area contributed by atoms with E-state index in [0.29, 0.717) is 12.4 Å². The molecule has 1 aromatic carbocycles. The molecule has 0 unspecified atom stereocenters. The second-order valence-electron chi connectivity index (χ2n) is 5.73. The molecule has 1 fully saturated rings. The third-order valence-corrected chi connectivity index (χ3v) is 5.58. The van der Waals surface area contributed by atoms with Crippen LogP contribution in [-0.2, 0) is 10.0 Å². The molecule has 1 aromatic rings. The summed E-state index contributed by atoms with van der Waals surface area (Å²) in [6.45, 7) is 5.64. The molecule has 6 nitrogen and oxygen atoms in total. The van der Waals surface area contributed by atoms with E-state index in [1.165, 1.54) is 0 Å². The molecule has 2 heterocycles.